The molecule has 0 amide bonds. The van der Waals surface area contributed by atoms with Crippen molar-refractivity contribution in [2.45, 2.75) is 45.6 Å². The van der Waals surface area contributed by atoms with Gasteiger partial charge in [-0.3, -0.25) is 4.31 Å². The second kappa shape index (κ2) is 11.3. The van der Waals surface area contributed by atoms with Gasteiger partial charge in [-0.1, -0.05) is 31.2 Å². The molecule has 6 nitrogen and oxygen atoms in total. The van der Waals surface area contributed by atoms with Gasteiger partial charge in [0.25, 0.3) is 0 Å². The minimum atomic E-state index is -3.44. The van der Waals surface area contributed by atoms with Crippen LogP contribution < -0.4 is 43.7 Å². The average Bonchev–Trinajstić information content (AvgIpc) is 2.70. The van der Waals surface area contributed by atoms with Crippen LogP contribution in [-0.2, 0) is 34.3 Å². The maximum Gasteiger partial charge on any atom is 1.00 e. The van der Waals surface area contributed by atoms with E-state index in [4.69, 9.17) is 4.74 Å². The van der Waals surface area contributed by atoms with E-state index in [2.05, 4.69) is 0 Å². The topological polar surface area (TPSA) is 86.7 Å². The molecule has 3 rings (SSSR count). The molecule has 0 fully saturated rings. The Labute approximate surface area is 204 Å². The van der Waals surface area contributed by atoms with Gasteiger partial charge in [0.05, 0.1) is 11.4 Å². The number of carbonyl (C=O) groups excluding carboxylic acids is 1. The van der Waals surface area contributed by atoms with Crippen LogP contribution in [0.15, 0.2) is 36.4 Å². The number of aliphatic carboxylic acids is 1. The number of fused-ring (bicyclic) bond motifs is 1. The fourth-order valence-corrected chi connectivity index (χ4v) is 5.25. The Morgan fingerprint density at radius 2 is 2.03 bits per heavy atom. The van der Waals surface area contributed by atoms with Crippen molar-refractivity contribution in [1.82, 2.24) is 0 Å². The monoisotopic (exact) mass is 457 g/mol. The molecule has 0 spiro atoms. The van der Waals surface area contributed by atoms with Gasteiger partial charge in [0, 0.05) is 12.5 Å². The van der Waals surface area contributed by atoms with E-state index in [1.807, 2.05) is 19.1 Å². The first kappa shape index (κ1) is 25.6. The number of halogens is 1. The Morgan fingerprint density at radius 1 is 1.26 bits per heavy atom. The number of ether oxygens (including phenoxy) is 1. The minimum Gasteiger partial charge on any atom is -0.550 e. The molecule has 2 aromatic carbocycles. The van der Waals surface area contributed by atoms with Crippen molar-refractivity contribution in [1.29, 1.82) is 0 Å². The Hall–Kier alpha value is -1.61. The summed E-state index contributed by atoms with van der Waals surface area (Å²) in [6, 6.07) is 9.98. The molecular formula is C22H25FNNaO5S. The zero-order valence-electron chi connectivity index (χ0n) is 17.9. The molecule has 0 unspecified atom stereocenters. The molecule has 1 aliphatic heterocycles. The predicted molar refractivity (Wildman–Crippen MR) is 110 cm³/mol. The van der Waals surface area contributed by atoms with E-state index >= 15 is 0 Å². The summed E-state index contributed by atoms with van der Waals surface area (Å²) in [5.74, 6) is -1.20. The number of aryl methyl sites for hydroxylation is 2. The van der Waals surface area contributed by atoms with E-state index in [0.717, 1.165) is 18.4 Å². The quantitative estimate of drug-likeness (QED) is 0.478. The van der Waals surface area contributed by atoms with E-state index in [-0.39, 0.29) is 54.8 Å². The van der Waals surface area contributed by atoms with Gasteiger partial charge in [-0.25, -0.2) is 12.8 Å². The van der Waals surface area contributed by atoms with Gasteiger partial charge >= 0.3 is 29.6 Å². The van der Waals surface area contributed by atoms with Crippen molar-refractivity contribution in [2.24, 2.45) is 0 Å². The van der Waals surface area contributed by atoms with E-state index in [0.29, 0.717) is 35.5 Å². The third kappa shape index (κ3) is 6.44. The number of carbonyl (C=O) groups is 1. The number of carboxylic acid groups (broad SMARTS) is 1. The van der Waals surface area contributed by atoms with Gasteiger partial charge in [0.2, 0.25) is 10.0 Å². The number of hydrogen-bond acceptors (Lipinski definition) is 5. The zero-order valence-corrected chi connectivity index (χ0v) is 20.7. The summed E-state index contributed by atoms with van der Waals surface area (Å²) in [5, 5.41) is 10.6. The Bertz CT molecular complexity index is 1030. The first-order valence-corrected chi connectivity index (χ1v) is 11.6. The zero-order chi connectivity index (χ0) is 21.7. The fourth-order valence-electron chi connectivity index (χ4n) is 3.62. The van der Waals surface area contributed by atoms with Crippen molar-refractivity contribution < 1.29 is 57.0 Å². The Kier molecular flexibility index (Phi) is 9.36. The second-order valence-corrected chi connectivity index (χ2v) is 9.35. The van der Waals surface area contributed by atoms with Gasteiger partial charge < -0.3 is 14.6 Å². The number of rotatable bonds is 9. The molecule has 162 valence electrons. The summed E-state index contributed by atoms with van der Waals surface area (Å²) in [6.07, 6.45) is 1.86. The summed E-state index contributed by atoms with van der Waals surface area (Å²) < 4.78 is 47.1. The number of carboxylic acids is 1. The molecule has 0 aliphatic carbocycles. The van der Waals surface area contributed by atoms with Crippen LogP contribution in [0, 0.1) is 5.82 Å². The average molecular weight is 457 g/mol. The van der Waals surface area contributed by atoms with Crippen molar-refractivity contribution in [3.63, 3.8) is 0 Å². The van der Waals surface area contributed by atoms with Crippen LogP contribution in [0.2, 0.25) is 0 Å². The van der Waals surface area contributed by atoms with Crippen molar-refractivity contribution in [3.05, 3.63) is 58.9 Å². The van der Waals surface area contributed by atoms with Crippen LogP contribution in [0.25, 0.3) is 0 Å². The van der Waals surface area contributed by atoms with E-state index in [1.165, 1.54) is 16.4 Å². The standard InChI is InChI=1S/C22H26FNO5S.Na/c1-2-13-30(27,28)24-12-4-6-18-5-3-7-20(22(18)24)29-15-16-8-9-17(19(23)14-16)10-11-21(25)26;/h3,5,7-9,14H,2,4,6,10-13,15H2,1H3,(H,25,26);/q;+1/p-1. The first-order valence-electron chi connectivity index (χ1n) is 10.0. The number of benzene rings is 2. The van der Waals surface area contributed by atoms with Crippen LogP contribution in [0.5, 0.6) is 5.75 Å². The molecule has 9 heteroatoms. The van der Waals surface area contributed by atoms with Crippen molar-refractivity contribution in [3.8, 4) is 5.75 Å². The number of anilines is 1. The van der Waals surface area contributed by atoms with E-state index in [9.17, 15) is 22.7 Å². The molecule has 0 aromatic heterocycles. The molecule has 2 aromatic rings. The van der Waals surface area contributed by atoms with Crippen LogP contribution in [0.1, 0.15) is 42.9 Å². The van der Waals surface area contributed by atoms with Crippen LogP contribution in [0.4, 0.5) is 10.1 Å². The molecule has 1 aliphatic rings. The summed E-state index contributed by atoms with van der Waals surface area (Å²) in [5.41, 5.74) is 2.36. The fraction of sp³-hybridized carbons (Fsp3) is 0.409. The molecule has 0 N–H and O–H groups in total. The molecule has 0 radical (unpaired) electrons. The Balaban J connectivity index is 0.00000341. The minimum absolute atomic E-state index is 0. The van der Waals surface area contributed by atoms with Crippen LogP contribution >= 0.6 is 0 Å². The predicted octanol–water partition coefficient (Wildman–Crippen LogP) is -0.416. The van der Waals surface area contributed by atoms with Gasteiger partial charge in [-0.15, -0.1) is 0 Å². The molecule has 0 saturated carbocycles. The molecule has 31 heavy (non-hydrogen) atoms. The Morgan fingerprint density at radius 3 is 2.71 bits per heavy atom. The van der Waals surface area contributed by atoms with E-state index in [1.54, 1.807) is 12.1 Å². The molecule has 0 atom stereocenters. The van der Waals surface area contributed by atoms with Gasteiger partial charge in [-0.05, 0) is 60.9 Å². The number of hydrogen-bond donors (Lipinski definition) is 0. The summed E-state index contributed by atoms with van der Waals surface area (Å²) in [6.45, 7) is 2.31. The molecule has 1 heterocycles. The SMILES string of the molecule is CCCS(=O)(=O)N1CCCc2cccc(OCc3ccc(CCC(=O)[O-])c(F)c3)c21.[Na+]. The van der Waals surface area contributed by atoms with Crippen LogP contribution in [-0.4, -0.2) is 26.7 Å². The largest absolute Gasteiger partial charge is 1.00 e. The van der Waals surface area contributed by atoms with Crippen LogP contribution in [0.3, 0.4) is 0 Å². The number of para-hydroxylation sites is 1. The molecule has 0 bridgehead atoms. The second-order valence-electron chi connectivity index (χ2n) is 7.34. The summed E-state index contributed by atoms with van der Waals surface area (Å²) >= 11 is 0. The maximum atomic E-state index is 14.2. The van der Waals surface area contributed by atoms with Gasteiger partial charge in [-0.2, -0.15) is 0 Å². The third-order valence-electron chi connectivity index (χ3n) is 5.05. The number of nitrogens with zero attached hydrogens (tertiary/aromatic N) is 1. The summed E-state index contributed by atoms with van der Waals surface area (Å²) in [7, 11) is -3.44. The van der Waals surface area contributed by atoms with Crippen molar-refractivity contribution in [2.75, 3.05) is 16.6 Å². The third-order valence-corrected chi connectivity index (χ3v) is 7.01. The maximum absolute atomic E-state index is 14.2. The van der Waals surface area contributed by atoms with Crippen molar-refractivity contribution >= 4 is 21.7 Å². The first-order chi connectivity index (χ1) is 14.3. The summed E-state index contributed by atoms with van der Waals surface area (Å²) in [4.78, 5) is 10.6. The normalized spacial score (nSPS) is 13.3. The smallest absolute Gasteiger partial charge is 0.550 e. The molecule has 0 saturated heterocycles. The van der Waals surface area contributed by atoms with Gasteiger partial charge in [0.1, 0.15) is 18.2 Å². The number of sulfonamides is 1. The molecular weight excluding hydrogens is 432 g/mol. The van der Waals surface area contributed by atoms with E-state index < -0.39 is 21.8 Å². The van der Waals surface area contributed by atoms with Gasteiger partial charge in [0.15, 0.2) is 0 Å².